The number of carbonyl (C=O) groups excluding carboxylic acids is 1. The normalized spacial score (nSPS) is 19.6. The van der Waals surface area contributed by atoms with E-state index in [-0.39, 0.29) is 31.0 Å². The molecular formula is C21H25FN6OS. The van der Waals surface area contributed by atoms with E-state index < -0.39 is 6.17 Å². The standard InChI is InChI=1S/C21H25FN6OS/c1-12(2)23-19-6-7-28(11-17(19)22)20(29)10-16-9-15-8-14(4-5-18(15)26-25-16)21-27-24-13(3)30-21/h4-5,8-9,12,17,19,23H,6-7,10-11H2,1-3H3/t17-,19-/m1/s1. The lowest BCUT2D eigenvalue weighted by Gasteiger charge is -2.36. The zero-order valence-corrected chi connectivity index (χ0v) is 18.1. The third-order valence-electron chi connectivity index (χ3n) is 5.18. The molecule has 0 bridgehead atoms. The number of likely N-dealkylation sites (tertiary alicyclic amines) is 1. The van der Waals surface area contributed by atoms with Gasteiger partial charge in [-0.15, -0.1) is 10.2 Å². The molecule has 0 radical (unpaired) electrons. The van der Waals surface area contributed by atoms with Crippen molar-refractivity contribution < 1.29 is 9.18 Å². The minimum atomic E-state index is -1.06. The second kappa shape index (κ2) is 8.69. The van der Waals surface area contributed by atoms with Gasteiger partial charge in [0.25, 0.3) is 0 Å². The molecule has 1 aromatic carbocycles. The summed E-state index contributed by atoms with van der Waals surface area (Å²) in [4.78, 5) is 14.3. The molecule has 0 unspecified atom stereocenters. The van der Waals surface area contributed by atoms with Crippen molar-refractivity contribution in [3.8, 4) is 10.6 Å². The Morgan fingerprint density at radius 1 is 1.27 bits per heavy atom. The van der Waals surface area contributed by atoms with Crippen LogP contribution in [-0.2, 0) is 11.2 Å². The Morgan fingerprint density at radius 3 is 2.80 bits per heavy atom. The molecule has 1 aliphatic heterocycles. The molecule has 1 amide bonds. The molecule has 7 nitrogen and oxygen atoms in total. The van der Waals surface area contributed by atoms with Gasteiger partial charge in [0.2, 0.25) is 5.91 Å². The van der Waals surface area contributed by atoms with E-state index in [4.69, 9.17) is 0 Å². The van der Waals surface area contributed by atoms with Gasteiger partial charge in [0.15, 0.2) is 0 Å². The van der Waals surface area contributed by atoms with Gasteiger partial charge in [-0.05, 0) is 37.6 Å². The van der Waals surface area contributed by atoms with E-state index in [0.29, 0.717) is 18.7 Å². The maximum atomic E-state index is 14.5. The van der Waals surface area contributed by atoms with Crippen LogP contribution >= 0.6 is 11.3 Å². The van der Waals surface area contributed by atoms with Crippen LogP contribution in [0.25, 0.3) is 21.5 Å². The zero-order valence-electron chi connectivity index (χ0n) is 17.3. The van der Waals surface area contributed by atoms with E-state index in [1.165, 1.54) is 11.3 Å². The molecule has 0 saturated carbocycles. The fourth-order valence-corrected chi connectivity index (χ4v) is 4.42. The first kappa shape index (κ1) is 20.7. The highest BCUT2D eigenvalue weighted by Gasteiger charge is 2.31. The first-order chi connectivity index (χ1) is 14.4. The lowest BCUT2D eigenvalue weighted by molar-refractivity contribution is -0.133. The van der Waals surface area contributed by atoms with Gasteiger partial charge in [0.1, 0.15) is 16.2 Å². The summed E-state index contributed by atoms with van der Waals surface area (Å²) in [5.74, 6) is -0.120. The van der Waals surface area contributed by atoms with Crippen LogP contribution in [0.4, 0.5) is 4.39 Å². The van der Waals surface area contributed by atoms with Crippen LogP contribution in [0.1, 0.15) is 31.0 Å². The van der Waals surface area contributed by atoms with Crippen molar-refractivity contribution in [1.82, 2.24) is 30.6 Å². The second-order valence-electron chi connectivity index (χ2n) is 7.98. The van der Waals surface area contributed by atoms with Gasteiger partial charge in [-0.3, -0.25) is 4.79 Å². The number of benzene rings is 1. The molecule has 2 atom stereocenters. The number of hydrogen-bond acceptors (Lipinski definition) is 7. The Hall–Kier alpha value is -2.52. The molecule has 9 heteroatoms. The number of amides is 1. The van der Waals surface area contributed by atoms with Gasteiger partial charge >= 0.3 is 0 Å². The van der Waals surface area contributed by atoms with E-state index >= 15 is 0 Å². The third kappa shape index (κ3) is 4.62. The predicted molar refractivity (Wildman–Crippen MR) is 115 cm³/mol. The van der Waals surface area contributed by atoms with Crippen LogP contribution < -0.4 is 5.32 Å². The summed E-state index contributed by atoms with van der Waals surface area (Å²) in [7, 11) is 0. The Morgan fingerprint density at radius 2 is 2.10 bits per heavy atom. The Kier molecular flexibility index (Phi) is 6.01. The average Bonchev–Trinajstić information content (AvgIpc) is 3.15. The monoisotopic (exact) mass is 428 g/mol. The molecule has 1 fully saturated rings. The number of rotatable bonds is 5. The molecule has 3 heterocycles. The molecule has 4 rings (SSSR count). The van der Waals surface area contributed by atoms with Crippen LogP contribution in [0.5, 0.6) is 0 Å². The number of hydrogen-bond donors (Lipinski definition) is 1. The average molecular weight is 429 g/mol. The largest absolute Gasteiger partial charge is 0.339 e. The Labute approximate surface area is 178 Å². The van der Waals surface area contributed by atoms with Gasteiger partial charge in [-0.1, -0.05) is 25.2 Å². The molecule has 1 N–H and O–H groups in total. The maximum Gasteiger partial charge on any atom is 0.228 e. The first-order valence-electron chi connectivity index (χ1n) is 10.1. The van der Waals surface area contributed by atoms with Gasteiger partial charge in [-0.2, -0.15) is 10.2 Å². The summed E-state index contributed by atoms with van der Waals surface area (Å²) in [6, 6.07) is 7.71. The van der Waals surface area contributed by atoms with E-state index in [0.717, 1.165) is 26.5 Å². The molecule has 2 aromatic heterocycles. The van der Waals surface area contributed by atoms with Crippen LogP contribution in [0.2, 0.25) is 0 Å². The van der Waals surface area contributed by atoms with Crippen LogP contribution in [-0.4, -0.2) is 62.5 Å². The van der Waals surface area contributed by atoms with E-state index in [2.05, 4.69) is 25.7 Å². The van der Waals surface area contributed by atoms with Gasteiger partial charge in [0.05, 0.1) is 24.2 Å². The molecule has 0 spiro atoms. The molecule has 1 saturated heterocycles. The van der Waals surface area contributed by atoms with Crippen molar-refractivity contribution in [2.75, 3.05) is 13.1 Å². The predicted octanol–water partition coefficient (Wildman–Crippen LogP) is 2.94. The summed E-state index contributed by atoms with van der Waals surface area (Å²) in [5.41, 5.74) is 2.29. The molecular weight excluding hydrogens is 403 g/mol. The van der Waals surface area contributed by atoms with E-state index in [1.807, 2.05) is 45.0 Å². The highest BCUT2D eigenvalue weighted by atomic mass is 32.1. The van der Waals surface area contributed by atoms with Crippen molar-refractivity contribution >= 4 is 28.1 Å². The number of nitrogens with zero attached hydrogens (tertiary/aromatic N) is 5. The van der Waals surface area contributed by atoms with Gasteiger partial charge in [-0.25, -0.2) is 4.39 Å². The number of fused-ring (bicyclic) bond motifs is 1. The third-order valence-corrected chi connectivity index (χ3v) is 6.07. The summed E-state index contributed by atoms with van der Waals surface area (Å²) in [6.07, 6.45) is -0.343. The van der Waals surface area contributed by atoms with Crippen molar-refractivity contribution in [3.63, 3.8) is 0 Å². The minimum Gasteiger partial charge on any atom is -0.339 e. The molecule has 3 aromatic rings. The fourth-order valence-electron chi connectivity index (χ4n) is 3.73. The quantitative estimate of drug-likeness (QED) is 0.673. The van der Waals surface area contributed by atoms with E-state index in [1.54, 1.807) is 4.90 Å². The van der Waals surface area contributed by atoms with Crippen LogP contribution in [0.15, 0.2) is 24.3 Å². The van der Waals surface area contributed by atoms with Crippen molar-refractivity contribution in [2.45, 2.75) is 51.9 Å². The Bertz CT molecular complexity index is 1050. The highest BCUT2D eigenvalue weighted by Crippen LogP contribution is 2.26. The lowest BCUT2D eigenvalue weighted by Crippen LogP contribution is -2.54. The van der Waals surface area contributed by atoms with Gasteiger partial charge in [0, 0.05) is 29.6 Å². The number of piperidine rings is 1. The number of alkyl halides is 1. The lowest BCUT2D eigenvalue weighted by atomic mass is 10.0. The SMILES string of the molecule is Cc1nnc(-c2ccc3nnc(CC(=O)N4CC[C@@H](NC(C)C)[C@H](F)C4)cc3c2)s1. The van der Waals surface area contributed by atoms with Crippen molar-refractivity contribution in [2.24, 2.45) is 0 Å². The molecule has 158 valence electrons. The Balaban J connectivity index is 1.46. The summed E-state index contributed by atoms with van der Waals surface area (Å²) < 4.78 is 14.5. The topological polar surface area (TPSA) is 83.9 Å². The summed E-state index contributed by atoms with van der Waals surface area (Å²) in [6.45, 7) is 6.58. The number of carbonyl (C=O) groups is 1. The number of aromatic nitrogens is 4. The van der Waals surface area contributed by atoms with Crippen molar-refractivity contribution in [3.05, 3.63) is 35.0 Å². The highest BCUT2D eigenvalue weighted by molar-refractivity contribution is 7.14. The minimum absolute atomic E-state index is 0.111. The van der Waals surface area contributed by atoms with Gasteiger partial charge < -0.3 is 10.2 Å². The number of halogens is 1. The molecule has 1 aliphatic rings. The summed E-state index contributed by atoms with van der Waals surface area (Å²) in [5, 5.41) is 22.6. The zero-order chi connectivity index (χ0) is 21.3. The number of aryl methyl sites for hydroxylation is 1. The molecule has 30 heavy (non-hydrogen) atoms. The summed E-state index contributed by atoms with van der Waals surface area (Å²) >= 11 is 1.53. The fraction of sp³-hybridized carbons (Fsp3) is 0.476. The maximum absolute atomic E-state index is 14.5. The first-order valence-corrected chi connectivity index (χ1v) is 11.0. The van der Waals surface area contributed by atoms with Crippen molar-refractivity contribution in [1.29, 1.82) is 0 Å². The molecule has 0 aliphatic carbocycles. The number of nitrogens with one attached hydrogen (secondary N) is 1. The smallest absolute Gasteiger partial charge is 0.228 e. The van der Waals surface area contributed by atoms with Crippen LogP contribution in [0.3, 0.4) is 0 Å². The second-order valence-corrected chi connectivity index (χ2v) is 9.17. The van der Waals surface area contributed by atoms with E-state index in [9.17, 15) is 9.18 Å². The van der Waals surface area contributed by atoms with Crippen LogP contribution in [0, 0.1) is 6.92 Å².